The van der Waals surface area contributed by atoms with Crippen LogP contribution in [0.4, 0.5) is 0 Å². The van der Waals surface area contributed by atoms with Crippen molar-refractivity contribution in [2.45, 2.75) is 155 Å². The summed E-state index contributed by atoms with van der Waals surface area (Å²) < 4.78 is 0. The van der Waals surface area contributed by atoms with Crippen molar-refractivity contribution in [1.82, 2.24) is 0 Å². The van der Waals surface area contributed by atoms with Crippen molar-refractivity contribution >= 4 is 0 Å². The molecule has 1 heteroatoms. The minimum atomic E-state index is 0. The maximum atomic E-state index is 2.28. The Morgan fingerprint density at radius 1 is 0.343 bits per heavy atom. The van der Waals surface area contributed by atoms with E-state index in [0.717, 1.165) is 0 Å². The van der Waals surface area contributed by atoms with Gasteiger partial charge in [0.25, 0.3) is 0 Å². The zero-order valence-corrected chi connectivity index (χ0v) is 24.7. The molecule has 1 radical (unpaired) electrons. The maximum Gasteiger partial charge on any atom is 2.00 e. The minimum Gasteiger partial charge on any atom is -0.213 e. The van der Waals surface area contributed by atoms with E-state index in [1.807, 2.05) is 0 Å². The SMILES string of the molecule is CCCCCCCCCCCC[c-]1cccc1.CCCCCCCCCCCC[c-]1cccc1.[Mn+2]. The third-order valence-corrected chi connectivity index (χ3v) is 7.10. The van der Waals surface area contributed by atoms with Crippen molar-refractivity contribution in [2.24, 2.45) is 0 Å². The summed E-state index contributed by atoms with van der Waals surface area (Å²) in [5.74, 6) is 0. The van der Waals surface area contributed by atoms with Gasteiger partial charge in [0.15, 0.2) is 0 Å². The molecule has 201 valence electrons. The first kappa shape index (κ1) is 34.2. The first-order valence-electron chi connectivity index (χ1n) is 15.3. The van der Waals surface area contributed by atoms with Gasteiger partial charge in [-0.25, -0.2) is 24.3 Å². The van der Waals surface area contributed by atoms with E-state index in [-0.39, 0.29) is 17.1 Å². The second kappa shape index (κ2) is 27.8. The van der Waals surface area contributed by atoms with Crippen molar-refractivity contribution < 1.29 is 17.1 Å². The van der Waals surface area contributed by atoms with Crippen LogP contribution in [0, 0.1) is 0 Å². The predicted molar refractivity (Wildman–Crippen MR) is 155 cm³/mol. The van der Waals surface area contributed by atoms with Crippen LogP contribution in [0.5, 0.6) is 0 Å². The molecule has 0 saturated heterocycles. The molecule has 0 unspecified atom stereocenters. The third kappa shape index (κ3) is 23.4. The van der Waals surface area contributed by atoms with Crippen molar-refractivity contribution in [3.63, 3.8) is 0 Å². The van der Waals surface area contributed by atoms with Gasteiger partial charge in [-0.05, 0) is 0 Å². The van der Waals surface area contributed by atoms with Gasteiger partial charge in [-0.3, -0.25) is 0 Å². The molecule has 0 saturated carbocycles. The van der Waals surface area contributed by atoms with Gasteiger partial charge in [0.2, 0.25) is 0 Å². The Balaban J connectivity index is 0.000000642. The Kier molecular flexibility index (Phi) is 27.2. The Labute approximate surface area is 231 Å². The molecule has 0 amide bonds. The normalized spacial score (nSPS) is 10.6. The molecular weight excluding hydrogens is 463 g/mol. The average Bonchev–Trinajstić information content (AvgIpc) is 3.56. The molecule has 2 aromatic rings. The van der Waals surface area contributed by atoms with Gasteiger partial charge < -0.3 is 0 Å². The second-order valence-corrected chi connectivity index (χ2v) is 10.5. The molecule has 0 aliphatic heterocycles. The third-order valence-electron chi connectivity index (χ3n) is 7.10. The quantitative estimate of drug-likeness (QED) is 0.0821. The van der Waals surface area contributed by atoms with Gasteiger partial charge in [0, 0.05) is 0 Å². The van der Waals surface area contributed by atoms with Crippen LogP contribution in [-0.2, 0) is 29.9 Å². The first-order valence-corrected chi connectivity index (χ1v) is 15.3. The summed E-state index contributed by atoms with van der Waals surface area (Å²) in [7, 11) is 0. The molecule has 0 N–H and O–H groups in total. The van der Waals surface area contributed by atoms with Crippen LogP contribution >= 0.6 is 0 Å². The van der Waals surface area contributed by atoms with Gasteiger partial charge in [-0.15, -0.1) is 0 Å². The van der Waals surface area contributed by atoms with Gasteiger partial charge in [0.1, 0.15) is 0 Å². The molecule has 2 rings (SSSR count). The summed E-state index contributed by atoms with van der Waals surface area (Å²) in [4.78, 5) is 0. The van der Waals surface area contributed by atoms with E-state index in [4.69, 9.17) is 0 Å². The van der Waals surface area contributed by atoms with Crippen molar-refractivity contribution in [2.75, 3.05) is 0 Å². The Morgan fingerprint density at radius 3 is 0.829 bits per heavy atom. The van der Waals surface area contributed by atoms with Crippen LogP contribution in [0.1, 0.15) is 153 Å². The number of hydrogen-bond acceptors (Lipinski definition) is 0. The van der Waals surface area contributed by atoms with E-state index in [0.29, 0.717) is 0 Å². The van der Waals surface area contributed by atoms with E-state index in [2.05, 4.69) is 62.4 Å². The van der Waals surface area contributed by atoms with E-state index in [1.54, 1.807) is 0 Å². The predicted octanol–water partition coefficient (Wildman–Crippen LogP) is 11.7. The number of hydrogen-bond donors (Lipinski definition) is 0. The molecule has 35 heavy (non-hydrogen) atoms. The van der Waals surface area contributed by atoms with Crippen LogP contribution in [-0.4, -0.2) is 0 Å². The topological polar surface area (TPSA) is 0 Å². The fraction of sp³-hybridized carbons (Fsp3) is 0.706. The fourth-order valence-electron chi connectivity index (χ4n) is 4.79. The molecule has 2 aromatic carbocycles. The Hall–Kier alpha value is -0.781. The summed E-state index contributed by atoms with van der Waals surface area (Å²) in [6, 6.07) is 17.6. The van der Waals surface area contributed by atoms with Gasteiger partial charge in [-0.2, -0.15) is 35.4 Å². The molecule has 0 bridgehead atoms. The number of rotatable bonds is 22. The molecule has 0 spiro atoms. The first-order chi connectivity index (χ1) is 16.9. The van der Waals surface area contributed by atoms with Crippen LogP contribution in [0.3, 0.4) is 0 Å². The summed E-state index contributed by atoms with van der Waals surface area (Å²) in [6.45, 7) is 4.57. The summed E-state index contributed by atoms with van der Waals surface area (Å²) >= 11 is 0. The van der Waals surface area contributed by atoms with Gasteiger partial charge >= 0.3 is 17.1 Å². The van der Waals surface area contributed by atoms with E-state index in [1.165, 1.54) is 152 Å². The van der Waals surface area contributed by atoms with E-state index >= 15 is 0 Å². The Morgan fingerprint density at radius 2 is 0.571 bits per heavy atom. The maximum absolute atomic E-state index is 2.28. The summed E-state index contributed by atoms with van der Waals surface area (Å²) in [5, 5.41) is 0. The molecule has 0 aliphatic rings. The number of aryl methyl sites for hydroxylation is 2. The molecule has 0 heterocycles. The van der Waals surface area contributed by atoms with Crippen LogP contribution in [0.25, 0.3) is 0 Å². The molecular formula is C34H58Mn. The molecule has 0 fully saturated rings. The Bertz CT molecular complexity index is 526. The zero-order valence-electron chi connectivity index (χ0n) is 23.6. The summed E-state index contributed by atoms with van der Waals surface area (Å²) in [6.07, 6.45) is 31.2. The van der Waals surface area contributed by atoms with Crippen molar-refractivity contribution in [3.05, 3.63) is 59.7 Å². The average molecular weight is 522 g/mol. The zero-order chi connectivity index (χ0) is 24.4. The molecule has 0 aromatic heterocycles. The summed E-state index contributed by atoms with van der Waals surface area (Å²) in [5.41, 5.74) is 3.04. The largest absolute Gasteiger partial charge is 2.00 e. The number of unbranched alkanes of at least 4 members (excludes halogenated alkanes) is 18. The van der Waals surface area contributed by atoms with Crippen molar-refractivity contribution in [3.8, 4) is 0 Å². The fourth-order valence-corrected chi connectivity index (χ4v) is 4.79. The smallest absolute Gasteiger partial charge is 0.213 e. The van der Waals surface area contributed by atoms with Crippen LogP contribution in [0.2, 0.25) is 0 Å². The standard InChI is InChI=1S/2C17H29.Mn/c2*1-2-3-4-5-6-7-8-9-10-11-14-17-15-12-13-16-17;/h2*12-13,15-16H,2-11,14H2,1H3;/q2*-1;+2. The monoisotopic (exact) mass is 521 g/mol. The van der Waals surface area contributed by atoms with Gasteiger partial charge in [0.05, 0.1) is 0 Å². The van der Waals surface area contributed by atoms with Crippen LogP contribution < -0.4 is 0 Å². The molecule has 0 aliphatic carbocycles. The van der Waals surface area contributed by atoms with Gasteiger partial charge in [-0.1, -0.05) is 155 Å². The van der Waals surface area contributed by atoms with E-state index in [9.17, 15) is 0 Å². The minimum absolute atomic E-state index is 0. The second-order valence-electron chi connectivity index (χ2n) is 10.5. The van der Waals surface area contributed by atoms with Crippen molar-refractivity contribution in [1.29, 1.82) is 0 Å². The van der Waals surface area contributed by atoms with E-state index < -0.39 is 0 Å². The van der Waals surface area contributed by atoms with Crippen LogP contribution in [0.15, 0.2) is 48.5 Å². The molecule has 0 nitrogen and oxygen atoms in total. The molecule has 0 atom stereocenters.